The lowest BCUT2D eigenvalue weighted by Crippen LogP contribution is -2.49. The Morgan fingerprint density at radius 1 is 1.04 bits per heavy atom. The lowest BCUT2D eigenvalue weighted by atomic mass is 10.2. The van der Waals surface area contributed by atoms with Crippen molar-refractivity contribution in [3.8, 4) is 0 Å². The van der Waals surface area contributed by atoms with Crippen molar-refractivity contribution in [3.63, 3.8) is 0 Å². The van der Waals surface area contributed by atoms with Crippen molar-refractivity contribution in [2.45, 2.75) is 23.7 Å². The van der Waals surface area contributed by atoms with Crippen LogP contribution in [-0.2, 0) is 10.0 Å². The molecule has 0 amide bonds. The molecule has 9 nitrogen and oxygen atoms in total. The van der Waals surface area contributed by atoms with E-state index in [0.717, 1.165) is 17.6 Å². The Hall–Kier alpha value is -2.59. The Labute approximate surface area is 156 Å². The third kappa shape index (κ3) is 3.62. The zero-order valence-electron chi connectivity index (χ0n) is 14.6. The Bertz CT molecular complexity index is 952. The van der Waals surface area contributed by atoms with Crippen LogP contribution in [0.3, 0.4) is 0 Å². The van der Waals surface area contributed by atoms with Crippen LogP contribution in [0.5, 0.6) is 0 Å². The fourth-order valence-corrected chi connectivity index (χ4v) is 4.63. The van der Waals surface area contributed by atoms with Crippen LogP contribution in [0, 0.1) is 10.1 Å². The van der Waals surface area contributed by atoms with Gasteiger partial charge in [-0.1, -0.05) is 6.07 Å². The molecule has 2 aliphatic rings. The minimum absolute atomic E-state index is 0.0567. The Morgan fingerprint density at radius 2 is 1.78 bits per heavy atom. The molecule has 27 heavy (non-hydrogen) atoms. The molecule has 1 aromatic carbocycles. The maximum Gasteiger partial charge on any atom is 0.270 e. The predicted octanol–water partition coefficient (Wildman–Crippen LogP) is 1.77. The standard InChI is InChI=1S/C17H19N5O4S/c23-22(24)14-2-1-3-15(12-14)27(25,26)21-10-8-20(9-11-21)17-7-6-16(18-19-17)13-4-5-13/h1-3,6-7,12-13H,4-5,8-11H2. The van der Waals surface area contributed by atoms with Crippen LogP contribution in [0.15, 0.2) is 41.3 Å². The maximum atomic E-state index is 12.8. The number of nitro benzene ring substituents is 1. The predicted molar refractivity (Wildman–Crippen MR) is 98.1 cm³/mol. The van der Waals surface area contributed by atoms with Crippen molar-refractivity contribution in [2.75, 3.05) is 31.1 Å². The van der Waals surface area contributed by atoms with Crippen LogP contribution in [0.2, 0.25) is 0 Å². The largest absolute Gasteiger partial charge is 0.352 e. The van der Waals surface area contributed by atoms with Crippen LogP contribution in [0.25, 0.3) is 0 Å². The molecular formula is C17H19N5O4S. The van der Waals surface area contributed by atoms with Crippen LogP contribution < -0.4 is 4.90 Å². The molecular weight excluding hydrogens is 370 g/mol. The number of benzene rings is 1. The quantitative estimate of drug-likeness (QED) is 0.566. The molecule has 1 saturated heterocycles. The van der Waals surface area contributed by atoms with E-state index in [2.05, 4.69) is 10.2 Å². The number of hydrogen-bond acceptors (Lipinski definition) is 7. The molecule has 1 aliphatic heterocycles. The third-order valence-corrected chi connectivity index (χ3v) is 6.79. The van der Waals surface area contributed by atoms with Gasteiger partial charge >= 0.3 is 0 Å². The summed E-state index contributed by atoms with van der Waals surface area (Å²) in [6, 6.07) is 9.08. The number of non-ortho nitro benzene ring substituents is 1. The summed E-state index contributed by atoms with van der Waals surface area (Å²) >= 11 is 0. The van der Waals surface area contributed by atoms with E-state index in [1.165, 1.54) is 35.3 Å². The molecule has 0 bridgehead atoms. The van der Waals surface area contributed by atoms with E-state index in [9.17, 15) is 18.5 Å². The fraction of sp³-hybridized carbons (Fsp3) is 0.412. The number of piperazine rings is 1. The van der Waals surface area contributed by atoms with Gasteiger partial charge in [-0.3, -0.25) is 10.1 Å². The molecule has 2 fully saturated rings. The minimum atomic E-state index is -3.77. The molecule has 4 rings (SSSR count). The van der Waals surface area contributed by atoms with Crippen molar-refractivity contribution in [1.29, 1.82) is 0 Å². The van der Waals surface area contributed by atoms with E-state index in [4.69, 9.17) is 0 Å². The fourth-order valence-electron chi connectivity index (χ4n) is 3.17. The molecule has 0 radical (unpaired) electrons. The van der Waals surface area contributed by atoms with Crippen LogP contribution in [-0.4, -0.2) is 54.0 Å². The average Bonchev–Trinajstić information content (AvgIpc) is 3.54. The first-order chi connectivity index (χ1) is 12.9. The summed E-state index contributed by atoms with van der Waals surface area (Å²) in [5, 5.41) is 19.4. The minimum Gasteiger partial charge on any atom is -0.352 e. The maximum absolute atomic E-state index is 12.8. The lowest BCUT2D eigenvalue weighted by Gasteiger charge is -2.34. The van der Waals surface area contributed by atoms with Gasteiger partial charge in [0, 0.05) is 44.2 Å². The van der Waals surface area contributed by atoms with Crippen molar-refractivity contribution in [2.24, 2.45) is 0 Å². The van der Waals surface area contributed by atoms with Gasteiger partial charge in [0.1, 0.15) is 0 Å². The topological polar surface area (TPSA) is 110 Å². The second kappa shape index (κ2) is 6.86. The molecule has 2 aromatic rings. The zero-order valence-corrected chi connectivity index (χ0v) is 15.4. The number of rotatable bonds is 5. The van der Waals surface area contributed by atoms with E-state index in [1.807, 2.05) is 17.0 Å². The van der Waals surface area contributed by atoms with Crippen molar-refractivity contribution in [3.05, 3.63) is 52.2 Å². The SMILES string of the molecule is O=[N+]([O-])c1cccc(S(=O)(=O)N2CCN(c3ccc(C4CC4)nn3)CC2)c1. The van der Waals surface area contributed by atoms with Crippen LogP contribution >= 0.6 is 0 Å². The molecule has 1 saturated carbocycles. The molecule has 0 unspecified atom stereocenters. The highest BCUT2D eigenvalue weighted by molar-refractivity contribution is 7.89. The zero-order chi connectivity index (χ0) is 19.0. The van der Waals surface area contributed by atoms with E-state index in [-0.39, 0.29) is 23.7 Å². The molecule has 10 heteroatoms. The summed E-state index contributed by atoms with van der Waals surface area (Å²) in [6.07, 6.45) is 2.34. The van der Waals surface area contributed by atoms with E-state index >= 15 is 0 Å². The van der Waals surface area contributed by atoms with E-state index < -0.39 is 14.9 Å². The van der Waals surface area contributed by atoms with Crippen LogP contribution in [0.1, 0.15) is 24.5 Å². The van der Waals surface area contributed by atoms with Crippen molar-refractivity contribution < 1.29 is 13.3 Å². The van der Waals surface area contributed by atoms with Gasteiger partial charge in [0.25, 0.3) is 5.69 Å². The second-order valence-electron chi connectivity index (χ2n) is 6.74. The Kier molecular flexibility index (Phi) is 4.52. The molecule has 0 N–H and O–H groups in total. The van der Waals surface area contributed by atoms with Crippen molar-refractivity contribution >= 4 is 21.5 Å². The van der Waals surface area contributed by atoms with E-state index in [1.54, 1.807) is 0 Å². The molecule has 2 heterocycles. The number of aromatic nitrogens is 2. The molecule has 0 spiro atoms. The summed E-state index contributed by atoms with van der Waals surface area (Å²) in [5.41, 5.74) is 0.784. The Balaban J connectivity index is 1.44. The highest BCUT2D eigenvalue weighted by atomic mass is 32.2. The normalized spacial score (nSPS) is 18.4. The third-order valence-electron chi connectivity index (χ3n) is 4.90. The summed E-state index contributed by atoms with van der Waals surface area (Å²) in [7, 11) is -3.77. The number of anilines is 1. The van der Waals surface area contributed by atoms with Gasteiger partial charge < -0.3 is 4.90 Å². The van der Waals surface area contributed by atoms with E-state index in [0.29, 0.717) is 19.0 Å². The smallest absolute Gasteiger partial charge is 0.270 e. The highest BCUT2D eigenvalue weighted by Gasteiger charge is 2.30. The van der Waals surface area contributed by atoms with Crippen LogP contribution in [0.4, 0.5) is 11.5 Å². The first kappa shape index (κ1) is 17.8. The monoisotopic (exact) mass is 389 g/mol. The van der Waals surface area contributed by atoms with Gasteiger partial charge in [-0.05, 0) is 31.0 Å². The van der Waals surface area contributed by atoms with Gasteiger partial charge in [0.05, 0.1) is 15.5 Å². The second-order valence-corrected chi connectivity index (χ2v) is 8.67. The number of hydrogen-bond donors (Lipinski definition) is 0. The Morgan fingerprint density at radius 3 is 2.37 bits per heavy atom. The average molecular weight is 389 g/mol. The molecule has 1 aromatic heterocycles. The lowest BCUT2D eigenvalue weighted by molar-refractivity contribution is -0.385. The summed E-state index contributed by atoms with van der Waals surface area (Å²) in [6.45, 7) is 1.56. The van der Waals surface area contributed by atoms with Gasteiger partial charge in [0.2, 0.25) is 10.0 Å². The first-order valence-electron chi connectivity index (χ1n) is 8.78. The molecule has 142 valence electrons. The van der Waals surface area contributed by atoms with Crippen molar-refractivity contribution in [1.82, 2.24) is 14.5 Å². The van der Waals surface area contributed by atoms with Gasteiger partial charge in [-0.2, -0.15) is 9.40 Å². The summed E-state index contributed by atoms with van der Waals surface area (Å²) in [5.74, 6) is 1.29. The first-order valence-corrected chi connectivity index (χ1v) is 10.2. The summed E-state index contributed by atoms with van der Waals surface area (Å²) in [4.78, 5) is 12.3. The number of nitro groups is 1. The number of sulfonamides is 1. The van der Waals surface area contributed by atoms with Gasteiger partial charge in [0.15, 0.2) is 5.82 Å². The van der Waals surface area contributed by atoms with Gasteiger partial charge in [-0.15, -0.1) is 5.10 Å². The molecule has 0 atom stereocenters. The summed E-state index contributed by atoms with van der Waals surface area (Å²) < 4.78 is 26.9. The van der Waals surface area contributed by atoms with Gasteiger partial charge in [-0.25, -0.2) is 8.42 Å². The number of nitrogens with zero attached hydrogens (tertiary/aromatic N) is 5. The molecule has 1 aliphatic carbocycles. The highest BCUT2D eigenvalue weighted by Crippen LogP contribution is 2.38.